The van der Waals surface area contributed by atoms with Gasteiger partial charge in [-0.05, 0) is 24.6 Å². The number of nitrogens with zero attached hydrogens (tertiary/aromatic N) is 1. The van der Waals surface area contributed by atoms with Gasteiger partial charge < -0.3 is 5.32 Å². The second-order valence-electron chi connectivity index (χ2n) is 6.33. The van der Waals surface area contributed by atoms with Crippen molar-refractivity contribution in [3.05, 3.63) is 78.1 Å². The van der Waals surface area contributed by atoms with Gasteiger partial charge in [-0.1, -0.05) is 54.1 Å². The van der Waals surface area contributed by atoms with Crippen LogP contribution in [0.25, 0.3) is 16.8 Å². The van der Waals surface area contributed by atoms with Crippen molar-refractivity contribution in [1.82, 2.24) is 15.0 Å². The van der Waals surface area contributed by atoms with Gasteiger partial charge in [0.1, 0.15) is 0 Å². The Morgan fingerprint density at radius 2 is 1.76 bits per heavy atom. The highest BCUT2D eigenvalue weighted by Gasteiger charge is 2.16. The van der Waals surface area contributed by atoms with Gasteiger partial charge in [0.25, 0.3) is 0 Å². The number of benzene rings is 2. The van der Waals surface area contributed by atoms with E-state index < -0.39 is 10.0 Å². The molecule has 1 aromatic heterocycles. The SMILES string of the molecule is CC(=Cc1ccccc1)CNCCNS(=O)(=O)c1cccc2cnccc12.Cl.Cl. The van der Waals surface area contributed by atoms with Crippen molar-refractivity contribution in [3.8, 4) is 0 Å². The van der Waals surface area contributed by atoms with Crippen LogP contribution in [0.15, 0.2) is 77.5 Å². The predicted molar refractivity (Wildman–Crippen MR) is 124 cm³/mol. The van der Waals surface area contributed by atoms with Crippen LogP contribution in [-0.4, -0.2) is 33.0 Å². The molecule has 156 valence electrons. The summed E-state index contributed by atoms with van der Waals surface area (Å²) < 4.78 is 27.9. The highest BCUT2D eigenvalue weighted by atomic mass is 35.5. The molecule has 0 saturated carbocycles. The number of halogens is 2. The first-order chi connectivity index (χ1) is 13.1. The van der Waals surface area contributed by atoms with Crippen LogP contribution < -0.4 is 10.0 Å². The van der Waals surface area contributed by atoms with Crippen LogP contribution in [0.4, 0.5) is 0 Å². The first kappa shape index (κ1) is 25.1. The van der Waals surface area contributed by atoms with E-state index in [9.17, 15) is 8.42 Å². The summed E-state index contributed by atoms with van der Waals surface area (Å²) in [4.78, 5) is 4.32. The summed E-state index contributed by atoms with van der Waals surface area (Å²) in [6.45, 7) is 3.62. The van der Waals surface area contributed by atoms with E-state index in [1.807, 2.05) is 31.2 Å². The standard InChI is InChI=1S/C21H23N3O2S.2ClH/c1-17(14-18-6-3-2-4-7-18)15-23-12-13-24-27(25,26)21-9-5-8-19-16-22-11-10-20(19)21;;/h2-11,14,16,23-24H,12-13,15H2,1H3;2*1H. The van der Waals surface area contributed by atoms with E-state index in [0.717, 1.165) is 10.9 Å². The van der Waals surface area contributed by atoms with Crippen LogP contribution >= 0.6 is 24.8 Å². The third-order valence-electron chi connectivity index (χ3n) is 4.14. The maximum absolute atomic E-state index is 12.6. The molecule has 2 N–H and O–H groups in total. The van der Waals surface area contributed by atoms with E-state index in [0.29, 0.717) is 25.0 Å². The number of sulfonamides is 1. The molecule has 29 heavy (non-hydrogen) atoms. The van der Waals surface area contributed by atoms with Crippen molar-refractivity contribution in [2.75, 3.05) is 19.6 Å². The van der Waals surface area contributed by atoms with Gasteiger partial charge >= 0.3 is 0 Å². The Morgan fingerprint density at radius 1 is 1.00 bits per heavy atom. The van der Waals surface area contributed by atoms with Gasteiger partial charge in [0.05, 0.1) is 4.90 Å². The summed E-state index contributed by atoms with van der Waals surface area (Å²) in [5.74, 6) is 0. The number of aromatic nitrogens is 1. The molecule has 0 amide bonds. The number of pyridine rings is 1. The van der Waals surface area contributed by atoms with Gasteiger partial charge in [-0.3, -0.25) is 4.98 Å². The lowest BCUT2D eigenvalue weighted by atomic mass is 10.1. The van der Waals surface area contributed by atoms with Gasteiger partial charge in [-0.15, -0.1) is 24.8 Å². The minimum atomic E-state index is -3.57. The number of nitrogens with one attached hydrogen (secondary N) is 2. The van der Waals surface area contributed by atoms with E-state index in [4.69, 9.17) is 0 Å². The summed E-state index contributed by atoms with van der Waals surface area (Å²) in [5.41, 5.74) is 2.34. The number of hydrogen-bond acceptors (Lipinski definition) is 4. The van der Waals surface area contributed by atoms with Crippen LogP contribution in [0.2, 0.25) is 0 Å². The molecule has 0 aliphatic carbocycles. The maximum atomic E-state index is 12.6. The van der Waals surface area contributed by atoms with E-state index in [-0.39, 0.29) is 29.7 Å². The fraction of sp³-hybridized carbons (Fsp3) is 0.190. The van der Waals surface area contributed by atoms with Crippen LogP contribution in [-0.2, 0) is 10.0 Å². The molecular formula is C21H25Cl2N3O2S. The van der Waals surface area contributed by atoms with Crippen molar-refractivity contribution in [2.45, 2.75) is 11.8 Å². The molecule has 5 nitrogen and oxygen atoms in total. The Labute approximate surface area is 184 Å². The summed E-state index contributed by atoms with van der Waals surface area (Å²) in [6.07, 6.45) is 5.38. The largest absolute Gasteiger partial charge is 0.312 e. The number of hydrogen-bond donors (Lipinski definition) is 2. The highest BCUT2D eigenvalue weighted by molar-refractivity contribution is 7.89. The van der Waals surface area contributed by atoms with E-state index in [1.165, 1.54) is 5.57 Å². The third kappa shape index (κ3) is 7.10. The molecule has 0 spiro atoms. The Morgan fingerprint density at radius 3 is 2.52 bits per heavy atom. The minimum absolute atomic E-state index is 0. The number of rotatable bonds is 8. The molecule has 0 fully saturated rings. The Hall–Kier alpha value is -1.96. The quantitative estimate of drug-likeness (QED) is 0.504. The minimum Gasteiger partial charge on any atom is -0.312 e. The molecule has 0 bridgehead atoms. The van der Waals surface area contributed by atoms with Gasteiger partial charge in [0.15, 0.2) is 0 Å². The zero-order chi connectivity index (χ0) is 19.1. The van der Waals surface area contributed by atoms with Crippen molar-refractivity contribution < 1.29 is 8.42 Å². The van der Waals surface area contributed by atoms with E-state index in [2.05, 4.69) is 33.2 Å². The van der Waals surface area contributed by atoms with E-state index >= 15 is 0 Å². The fourth-order valence-corrected chi connectivity index (χ4v) is 4.11. The molecule has 3 rings (SSSR count). The lowest BCUT2D eigenvalue weighted by Crippen LogP contribution is -2.32. The normalized spacial score (nSPS) is 11.6. The van der Waals surface area contributed by atoms with Crippen LogP contribution in [0, 0.1) is 0 Å². The summed E-state index contributed by atoms with van der Waals surface area (Å²) in [6, 6.07) is 17.0. The maximum Gasteiger partial charge on any atom is 0.241 e. The molecule has 1 heterocycles. The predicted octanol–water partition coefficient (Wildman–Crippen LogP) is 4.05. The fourth-order valence-electron chi connectivity index (χ4n) is 2.85. The summed E-state index contributed by atoms with van der Waals surface area (Å²) in [7, 11) is -3.57. The Balaban J connectivity index is 0.00000210. The summed E-state index contributed by atoms with van der Waals surface area (Å²) >= 11 is 0. The molecule has 0 saturated heterocycles. The summed E-state index contributed by atoms with van der Waals surface area (Å²) in [5, 5.41) is 4.74. The Kier molecular flexibility index (Phi) is 10.3. The molecule has 0 radical (unpaired) electrons. The molecule has 2 aromatic carbocycles. The van der Waals surface area contributed by atoms with Crippen LogP contribution in [0.3, 0.4) is 0 Å². The number of fused-ring (bicyclic) bond motifs is 1. The van der Waals surface area contributed by atoms with Crippen molar-refractivity contribution in [1.29, 1.82) is 0 Å². The lowest BCUT2D eigenvalue weighted by molar-refractivity contribution is 0.579. The van der Waals surface area contributed by atoms with Gasteiger partial charge in [-0.25, -0.2) is 13.1 Å². The highest BCUT2D eigenvalue weighted by Crippen LogP contribution is 2.21. The average Bonchev–Trinajstić information content (AvgIpc) is 2.68. The zero-order valence-corrected chi connectivity index (χ0v) is 18.5. The monoisotopic (exact) mass is 453 g/mol. The van der Waals surface area contributed by atoms with Crippen LogP contribution in [0.5, 0.6) is 0 Å². The van der Waals surface area contributed by atoms with Crippen molar-refractivity contribution in [3.63, 3.8) is 0 Å². The molecule has 0 aliphatic rings. The molecule has 3 aromatic rings. The molecule has 0 aliphatic heterocycles. The average molecular weight is 454 g/mol. The molecule has 8 heteroatoms. The first-order valence-corrected chi connectivity index (χ1v) is 10.3. The smallest absolute Gasteiger partial charge is 0.241 e. The third-order valence-corrected chi connectivity index (χ3v) is 5.66. The molecule has 0 unspecified atom stereocenters. The van der Waals surface area contributed by atoms with Crippen molar-refractivity contribution >= 4 is 51.7 Å². The van der Waals surface area contributed by atoms with Gasteiger partial charge in [0.2, 0.25) is 10.0 Å². The van der Waals surface area contributed by atoms with Crippen LogP contribution in [0.1, 0.15) is 12.5 Å². The van der Waals surface area contributed by atoms with E-state index in [1.54, 1.807) is 30.6 Å². The second kappa shape index (κ2) is 11.9. The molecule has 0 atom stereocenters. The second-order valence-corrected chi connectivity index (χ2v) is 8.06. The van der Waals surface area contributed by atoms with Gasteiger partial charge in [0, 0.05) is 42.8 Å². The molecular weight excluding hydrogens is 429 g/mol. The topological polar surface area (TPSA) is 71.1 Å². The van der Waals surface area contributed by atoms with Gasteiger partial charge in [-0.2, -0.15) is 0 Å². The van der Waals surface area contributed by atoms with Crippen molar-refractivity contribution in [2.24, 2.45) is 0 Å². The Bertz CT molecular complexity index is 1040. The lowest BCUT2D eigenvalue weighted by Gasteiger charge is -2.10. The zero-order valence-electron chi connectivity index (χ0n) is 16.0. The first-order valence-electron chi connectivity index (χ1n) is 8.81.